The number of rotatable bonds is 0. The predicted octanol–water partition coefficient (Wildman–Crippen LogP) is 1.79. The number of aliphatic imine (C=N–C) groups is 1. The highest BCUT2D eigenvalue weighted by Gasteiger charge is 2.15. The highest BCUT2D eigenvalue weighted by molar-refractivity contribution is 6.10. The van der Waals surface area contributed by atoms with Gasteiger partial charge in [0.05, 0.1) is 23.2 Å². The Balaban J connectivity index is 2.19. The molecule has 17 heavy (non-hydrogen) atoms. The maximum Gasteiger partial charge on any atom is 0.258 e. The zero-order valence-electron chi connectivity index (χ0n) is 8.79. The Morgan fingerprint density at radius 2 is 1.88 bits per heavy atom. The molecule has 1 N–H and O–H groups in total. The van der Waals surface area contributed by atoms with Crippen molar-refractivity contribution in [3.8, 4) is 0 Å². The molecule has 0 bridgehead atoms. The Kier molecular flexibility index (Phi) is 2.15. The molecule has 2 aromatic rings. The fourth-order valence-corrected chi connectivity index (χ4v) is 1.62. The molecule has 5 nitrogen and oxygen atoms in total. The molecule has 0 aromatic carbocycles. The molecule has 0 spiro atoms. The van der Waals surface area contributed by atoms with E-state index in [2.05, 4.69) is 20.3 Å². The van der Waals surface area contributed by atoms with Crippen molar-refractivity contribution in [3.05, 3.63) is 47.9 Å². The SMILES string of the molecule is O=C1Nc2cccnc2/N=C\c2ncccc21. The van der Waals surface area contributed by atoms with Crippen molar-refractivity contribution in [1.29, 1.82) is 0 Å². The van der Waals surface area contributed by atoms with Crippen molar-refractivity contribution < 1.29 is 4.79 Å². The number of nitrogens with zero attached hydrogens (tertiary/aromatic N) is 3. The molecule has 82 valence electrons. The summed E-state index contributed by atoms with van der Waals surface area (Å²) in [6, 6.07) is 6.95. The first kappa shape index (κ1) is 9.65. The second-order valence-corrected chi connectivity index (χ2v) is 3.52. The van der Waals surface area contributed by atoms with E-state index in [0.717, 1.165) is 0 Å². The summed E-state index contributed by atoms with van der Waals surface area (Å²) in [6.45, 7) is 0. The molecule has 3 rings (SSSR count). The molecule has 0 unspecified atom stereocenters. The molecular weight excluding hydrogens is 216 g/mol. The zero-order valence-corrected chi connectivity index (χ0v) is 8.79. The third-order valence-electron chi connectivity index (χ3n) is 2.43. The molecule has 0 radical (unpaired) electrons. The number of pyridine rings is 2. The maximum absolute atomic E-state index is 12.0. The molecule has 5 heteroatoms. The van der Waals surface area contributed by atoms with Gasteiger partial charge in [-0.15, -0.1) is 0 Å². The molecule has 1 aliphatic rings. The van der Waals surface area contributed by atoms with Crippen molar-refractivity contribution in [2.75, 3.05) is 5.32 Å². The van der Waals surface area contributed by atoms with Gasteiger partial charge in [-0.3, -0.25) is 9.78 Å². The van der Waals surface area contributed by atoms with Crippen LogP contribution in [0.5, 0.6) is 0 Å². The summed E-state index contributed by atoms with van der Waals surface area (Å²) >= 11 is 0. The third-order valence-corrected chi connectivity index (χ3v) is 2.43. The Hall–Kier alpha value is -2.56. The number of fused-ring (bicyclic) bond motifs is 2. The molecule has 0 fully saturated rings. The van der Waals surface area contributed by atoms with Crippen molar-refractivity contribution in [2.45, 2.75) is 0 Å². The van der Waals surface area contributed by atoms with Crippen molar-refractivity contribution in [1.82, 2.24) is 9.97 Å². The largest absolute Gasteiger partial charge is 0.319 e. The van der Waals surface area contributed by atoms with E-state index < -0.39 is 0 Å². The van der Waals surface area contributed by atoms with Gasteiger partial charge in [0.1, 0.15) is 0 Å². The molecule has 1 amide bonds. The quantitative estimate of drug-likeness (QED) is 0.741. The molecular formula is C12H8N4O. The number of carbonyl (C=O) groups excluding carboxylic acids is 1. The second kappa shape index (κ2) is 3.79. The van der Waals surface area contributed by atoms with Gasteiger partial charge in [0.15, 0.2) is 5.82 Å². The Labute approximate surface area is 97.3 Å². The van der Waals surface area contributed by atoms with E-state index in [1.165, 1.54) is 0 Å². The van der Waals surface area contributed by atoms with E-state index in [9.17, 15) is 4.79 Å². The lowest BCUT2D eigenvalue weighted by Gasteiger charge is -2.11. The number of hydrogen-bond acceptors (Lipinski definition) is 4. The number of carbonyl (C=O) groups is 1. The smallest absolute Gasteiger partial charge is 0.258 e. The molecule has 0 atom stereocenters. The van der Waals surface area contributed by atoms with E-state index in [1.54, 1.807) is 42.9 Å². The number of aromatic nitrogens is 2. The molecule has 2 aromatic heterocycles. The van der Waals surface area contributed by atoms with Gasteiger partial charge in [-0.1, -0.05) is 0 Å². The minimum Gasteiger partial charge on any atom is -0.319 e. The summed E-state index contributed by atoms with van der Waals surface area (Å²) < 4.78 is 0. The van der Waals surface area contributed by atoms with E-state index in [-0.39, 0.29) is 5.91 Å². The Morgan fingerprint density at radius 1 is 1.06 bits per heavy atom. The fourth-order valence-electron chi connectivity index (χ4n) is 1.62. The van der Waals surface area contributed by atoms with Crippen LogP contribution in [-0.2, 0) is 0 Å². The standard InChI is InChI=1S/C12H8N4O/c17-12-8-3-1-5-13-10(8)7-15-11-9(16-12)4-2-6-14-11/h1-7H,(H,16,17). The monoisotopic (exact) mass is 224 g/mol. The van der Waals surface area contributed by atoms with Crippen LogP contribution in [-0.4, -0.2) is 22.1 Å². The summed E-state index contributed by atoms with van der Waals surface area (Å²) in [5.41, 5.74) is 1.65. The topological polar surface area (TPSA) is 67.2 Å². The van der Waals surface area contributed by atoms with E-state index >= 15 is 0 Å². The summed E-state index contributed by atoms with van der Waals surface area (Å²) in [5.74, 6) is 0.283. The average molecular weight is 224 g/mol. The Bertz CT molecular complexity index is 621. The van der Waals surface area contributed by atoms with Gasteiger partial charge in [-0.05, 0) is 24.3 Å². The summed E-state index contributed by atoms with van der Waals surface area (Å²) in [4.78, 5) is 24.4. The first-order valence-electron chi connectivity index (χ1n) is 5.10. The van der Waals surface area contributed by atoms with Crippen LogP contribution >= 0.6 is 0 Å². The van der Waals surface area contributed by atoms with Crippen LogP contribution in [0.15, 0.2) is 41.7 Å². The molecule has 1 aliphatic heterocycles. The lowest BCUT2D eigenvalue weighted by atomic mass is 10.1. The normalized spacial score (nSPS) is 14.9. The average Bonchev–Trinajstić information content (AvgIpc) is 2.36. The van der Waals surface area contributed by atoms with Gasteiger partial charge < -0.3 is 5.32 Å². The van der Waals surface area contributed by atoms with Gasteiger partial charge in [0.25, 0.3) is 5.91 Å². The first-order chi connectivity index (χ1) is 8.34. The summed E-state index contributed by atoms with van der Waals surface area (Å²) in [5, 5.41) is 2.76. The van der Waals surface area contributed by atoms with Crippen molar-refractivity contribution >= 4 is 23.6 Å². The van der Waals surface area contributed by atoms with E-state index in [4.69, 9.17) is 0 Å². The van der Waals surface area contributed by atoms with Crippen LogP contribution in [0.2, 0.25) is 0 Å². The van der Waals surface area contributed by atoms with Crippen LogP contribution in [0.1, 0.15) is 16.1 Å². The highest BCUT2D eigenvalue weighted by atomic mass is 16.1. The minimum absolute atomic E-state index is 0.200. The maximum atomic E-state index is 12.0. The van der Waals surface area contributed by atoms with Crippen LogP contribution in [0, 0.1) is 0 Å². The predicted molar refractivity (Wildman–Crippen MR) is 63.7 cm³/mol. The lowest BCUT2D eigenvalue weighted by Crippen LogP contribution is -2.16. The Morgan fingerprint density at radius 3 is 2.82 bits per heavy atom. The number of amides is 1. The molecule has 0 saturated heterocycles. The zero-order chi connectivity index (χ0) is 11.7. The molecule has 0 saturated carbocycles. The number of anilines is 1. The highest BCUT2D eigenvalue weighted by Crippen LogP contribution is 2.23. The van der Waals surface area contributed by atoms with Gasteiger partial charge in [-0.2, -0.15) is 0 Å². The van der Waals surface area contributed by atoms with Crippen molar-refractivity contribution in [2.24, 2.45) is 4.99 Å². The summed E-state index contributed by atoms with van der Waals surface area (Å²) in [6.07, 6.45) is 4.81. The minimum atomic E-state index is -0.200. The van der Waals surface area contributed by atoms with Crippen molar-refractivity contribution in [3.63, 3.8) is 0 Å². The van der Waals surface area contributed by atoms with Gasteiger partial charge in [0.2, 0.25) is 0 Å². The molecule has 0 aliphatic carbocycles. The van der Waals surface area contributed by atoms with Crippen LogP contribution in [0.3, 0.4) is 0 Å². The summed E-state index contributed by atoms with van der Waals surface area (Å²) in [7, 11) is 0. The molecule has 3 heterocycles. The van der Waals surface area contributed by atoms with Crippen LogP contribution in [0.25, 0.3) is 0 Å². The van der Waals surface area contributed by atoms with E-state index in [1.807, 2.05) is 0 Å². The van der Waals surface area contributed by atoms with Crippen LogP contribution in [0.4, 0.5) is 11.5 Å². The van der Waals surface area contributed by atoms with Crippen LogP contribution < -0.4 is 5.32 Å². The third kappa shape index (κ3) is 1.67. The fraction of sp³-hybridized carbons (Fsp3) is 0. The van der Waals surface area contributed by atoms with Gasteiger partial charge in [0, 0.05) is 12.4 Å². The number of hydrogen-bond donors (Lipinski definition) is 1. The van der Waals surface area contributed by atoms with E-state index in [0.29, 0.717) is 22.8 Å². The lowest BCUT2D eigenvalue weighted by molar-refractivity contribution is 0.102. The van der Waals surface area contributed by atoms with Gasteiger partial charge in [-0.25, -0.2) is 9.98 Å². The van der Waals surface area contributed by atoms with Gasteiger partial charge >= 0.3 is 0 Å². The first-order valence-corrected chi connectivity index (χ1v) is 5.10. The number of nitrogens with one attached hydrogen (secondary N) is 1. The second-order valence-electron chi connectivity index (χ2n) is 3.52.